The highest BCUT2D eigenvalue weighted by Crippen LogP contribution is 2.30. The van der Waals surface area contributed by atoms with Crippen LogP contribution in [0.4, 0.5) is 5.13 Å². The molecule has 0 aliphatic heterocycles. The molecule has 0 bridgehead atoms. The quantitative estimate of drug-likeness (QED) is 0.769. The predicted octanol–water partition coefficient (Wildman–Crippen LogP) is 1.98. The van der Waals surface area contributed by atoms with Crippen LogP contribution in [0, 0.1) is 11.3 Å². The van der Waals surface area contributed by atoms with Crippen molar-refractivity contribution in [2.75, 3.05) is 32.5 Å². The van der Waals surface area contributed by atoms with Crippen molar-refractivity contribution in [1.82, 2.24) is 14.9 Å². The number of rotatable bonds is 4. The normalized spacial score (nSPS) is 11.2. The molecule has 0 radical (unpaired) electrons. The van der Waals surface area contributed by atoms with Crippen molar-refractivity contribution in [3.63, 3.8) is 0 Å². The van der Waals surface area contributed by atoms with Crippen LogP contribution in [0.25, 0.3) is 21.1 Å². The number of anilines is 1. The van der Waals surface area contributed by atoms with Crippen LogP contribution < -0.4 is 10.9 Å². The zero-order valence-corrected chi connectivity index (χ0v) is 13.1. The van der Waals surface area contributed by atoms with Gasteiger partial charge in [-0.25, -0.2) is 4.98 Å². The average molecular weight is 313 g/mol. The number of nitriles is 1. The van der Waals surface area contributed by atoms with E-state index in [9.17, 15) is 4.79 Å². The SMILES string of the molecule is CN(C)CCNc1nc2c(ccc3[nH]c(=O)c(C#N)cc32)s1. The van der Waals surface area contributed by atoms with Gasteiger partial charge in [0, 0.05) is 18.5 Å². The molecule has 2 aromatic heterocycles. The van der Waals surface area contributed by atoms with E-state index in [1.165, 1.54) is 0 Å². The van der Waals surface area contributed by atoms with Gasteiger partial charge in [0.25, 0.3) is 5.56 Å². The van der Waals surface area contributed by atoms with Gasteiger partial charge in [-0.3, -0.25) is 4.79 Å². The summed E-state index contributed by atoms with van der Waals surface area (Å²) in [6, 6.07) is 7.32. The molecule has 0 atom stereocenters. The van der Waals surface area contributed by atoms with Crippen molar-refractivity contribution in [1.29, 1.82) is 5.26 Å². The minimum absolute atomic E-state index is 0.107. The number of aromatic nitrogens is 2. The fourth-order valence-electron chi connectivity index (χ4n) is 2.21. The number of hydrogen-bond acceptors (Lipinski definition) is 6. The number of nitrogens with one attached hydrogen (secondary N) is 2. The lowest BCUT2D eigenvalue weighted by atomic mass is 10.1. The Labute approximate surface area is 131 Å². The summed E-state index contributed by atoms with van der Waals surface area (Å²) >= 11 is 1.57. The van der Waals surface area contributed by atoms with E-state index >= 15 is 0 Å². The minimum atomic E-state index is -0.367. The highest BCUT2D eigenvalue weighted by molar-refractivity contribution is 7.22. The van der Waals surface area contributed by atoms with Crippen molar-refractivity contribution >= 4 is 37.6 Å². The van der Waals surface area contributed by atoms with Crippen LogP contribution in [-0.2, 0) is 0 Å². The zero-order valence-electron chi connectivity index (χ0n) is 12.3. The van der Waals surface area contributed by atoms with Crippen LogP contribution in [0.2, 0.25) is 0 Å². The smallest absolute Gasteiger partial charge is 0.266 e. The third-order valence-electron chi connectivity index (χ3n) is 3.34. The van der Waals surface area contributed by atoms with E-state index in [-0.39, 0.29) is 11.1 Å². The van der Waals surface area contributed by atoms with Crippen molar-refractivity contribution in [2.24, 2.45) is 0 Å². The Kier molecular flexibility index (Phi) is 3.79. The summed E-state index contributed by atoms with van der Waals surface area (Å²) in [5, 5.41) is 14.0. The number of nitrogens with zero attached hydrogens (tertiary/aromatic N) is 3. The third-order valence-corrected chi connectivity index (χ3v) is 4.32. The molecule has 2 N–H and O–H groups in total. The number of likely N-dealkylation sites (N-methyl/N-ethyl adjacent to an activating group) is 1. The number of pyridine rings is 1. The molecule has 3 aromatic rings. The molecular weight excluding hydrogens is 298 g/mol. The molecule has 0 aliphatic rings. The van der Waals surface area contributed by atoms with Gasteiger partial charge in [-0.1, -0.05) is 11.3 Å². The molecule has 112 valence electrons. The summed E-state index contributed by atoms with van der Waals surface area (Å²) in [5.41, 5.74) is 1.24. The molecule has 0 saturated carbocycles. The van der Waals surface area contributed by atoms with Crippen molar-refractivity contribution < 1.29 is 0 Å². The van der Waals surface area contributed by atoms with Gasteiger partial charge in [0.05, 0.1) is 15.7 Å². The van der Waals surface area contributed by atoms with Crippen molar-refractivity contribution in [2.45, 2.75) is 0 Å². The largest absolute Gasteiger partial charge is 0.360 e. The van der Waals surface area contributed by atoms with Crippen LogP contribution >= 0.6 is 11.3 Å². The first kappa shape index (κ1) is 14.5. The van der Waals surface area contributed by atoms with E-state index in [2.05, 4.69) is 20.2 Å². The number of fused-ring (bicyclic) bond motifs is 3. The maximum absolute atomic E-state index is 11.7. The molecule has 0 fully saturated rings. The van der Waals surface area contributed by atoms with Crippen LogP contribution in [-0.4, -0.2) is 42.1 Å². The first-order valence-electron chi connectivity index (χ1n) is 6.84. The van der Waals surface area contributed by atoms with E-state index in [1.54, 1.807) is 17.4 Å². The van der Waals surface area contributed by atoms with Gasteiger partial charge in [0.15, 0.2) is 5.13 Å². The number of aromatic amines is 1. The van der Waals surface area contributed by atoms with E-state index < -0.39 is 0 Å². The first-order chi connectivity index (χ1) is 10.6. The monoisotopic (exact) mass is 313 g/mol. The molecule has 0 spiro atoms. The van der Waals surface area contributed by atoms with Crippen LogP contribution in [0.3, 0.4) is 0 Å². The Hall–Kier alpha value is -2.43. The Balaban J connectivity index is 2.05. The summed E-state index contributed by atoms with van der Waals surface area (Å²) < 4.78 is 1.02. The third kappa shape index (κ3) is 2.66. The summed E-state index contributed by atoms with van der Waals surface area (Å²) in [4.78, 5) is 21.1. The lowest BCUT2D eigenvalue weighted by Crippen LogP contribution is -2.20. The van der Waals surface area contributed by atoms with Crippen molar-refractivity contribution in [3.05, 3.63) is 34.1 Å². The number of benzene rings is 1. The Morgan fingerprint density at radius 2 is 2.27 bits per heavy atom. The minimum Gasteiger partial charge on any atom is -0.360 e. The van der Waals surface area contributed by atoms with E-state index in [4.69, 9.17) is 5.26 Å². The number of hydrogen-bond donors (Lipinski definition) is 2. The second-order valence-corrected chi connectivity index (χ2v) is 6.28. The lowest BCUT2D eigenvalue weighted by Gasteiger charge is -2.08. The number of thiazole rings is 1. The van der Waals surface area contributed by atoms with E-state index in [0.717, 1.165) is 33.8 Å². The van der Waals surface area contributed by atoms with Gasteiger partial charge < -0.3 is 15.2 Å². The van der Waals surface area contributed by atoms with Gasteiger partial charge in [0.1, 0.15) is 11.6 Å². The molecule has 2 heterocycles. The molecule has 6 nitrogen and oxygen atoms in total. The molecule has 0 aliphatic carbocycles. The topological polar surface area (TPSA) is 84.8 Å². The highest BCUT2D eigenvalue weighted by Gasteiger charge is 2.10. The van der Waals surface area contributed by atoms with Crippen molar-refractivity contribution in [3.8, 4) is 6.07 Å². The standard InChI is InChI=1S/C15H15N5OS/c1-20(2)6-5-17-15-19-13-10-7-9(8-16)14(21)18-11(10)3-4-12(13)22-15/h3-4,7H,5-6H2,1-2H3,(H,17,19)(H,18,21). The highest BCUT2D eigenvalue weighted by atomic mass is 32.1. The summed E-state index contributed by atoms with van der Waals surface area (Å²) in [6.45, 7) is 1.73. The summed E-state index contributed by atoms with van der Waals surface area (Å²) in [5.74, 6) is 0. The molecule has 22 heavy (non-hydrogen) atoms. The fraction of sp³-hybridized carbons (Fsp3) is 0.267. The van der Waals surface area contributed by atoms with Crippen LogP contribution in [0.15, 0.2) is 23.0 Å². The fourth-order valence-corrected chi connectivity index (χ4v) is 3.12. The molecule has 0 amide bonds. The molecule has 7 heteroatoms. The molecule has 3 rings (SSSR count). The second-order valence-electron chi connectivity index (χ2n) is 5.25. The summed E-state index contributed by atoms with van der Waals surface area (Å²) in [7, 11) is 4.04. The maximum Gasteiger partial charge on any atom is 0.266 e. The van der Waals surface area contributed by atoms with Gasteiger partial charge in [-0.2, -0.15) is 5.26 Å². The van der Waals surface area contributed by atoms with Gasteiger partial charge in [-0.15, -0.1) is 0 Å². The molecular formula is C15H15N5OS. The Morgan fingerprint density at radius 3 is 3.00 bits per heavy atom. The second kappa shape index (κ2) is 5.75. The Morgan fingerprint density at radius 1 is 1.45 bits per heavy atom. The Bertz CT molecular complexity index is 935. The van der Waals surface area contributed by atoms with E-state index in [1.807, 2.05) is 32.3 Å². The van der Waals surface area contributed by atoms with Crippen LogP contribution in [0.5, 0.6) is 0 Å². The lowest BCUT2D eigenvalue weighted by molar-refractivity contribution is 0.425. The zero-order chi connectivity index (χ0) is 15.7. The molecule has 0 unspecified atom stereocenters. The first-order valence-corrected chi connectivity index (χ1v) is 7.65. The maximum atomic E-state index is 11.7. The van der Waals surface area contributed by atoms with Gasteiger partial charge in [0.2, 0.25) is 0 Å². The molecule has 1 aromatic carbocycles. The van der Waals surface area contributed by atoms with Crippen LogP contribution in [0.1, 0.15) is 5.56 Å². The molecule has 0 saturated heterocycles. The summed E-state index contributed by atoms with van der Waals surface area (Å²) in [6.07, 6.45) is 0. The number of H-pyrrole nitrogens is 1. The van der Waals surface area contributed by atoms with E-state index in [0.29, 0.717) is 5.52 Å². The van der Waals surface area contributed by atoms with Gasteiger partial charge in [-0.05, 0) is 32.3 Å². The van der Waals surface area contributed by atoms with Gasteiger partial charge >= 0.3 is 0 Å². The average Bonchev–Trinajstić information content (AvgIpc) is 2.89. The predicted molar refractivity (Wildman–Crippen MR) is 89.5 cm³/mol.